The van der Waals surface area contributed by atoms with E-state index in [1.54, 1.807) is 13.1 Å². The number of nitrogens with zero attached hydrogens (tertiary/aromatic N) is 2. The number of halogens is 1. The number of carbonyl (C=O) groups excluding carboxylic acids is 1. The van der Waals surface area contributed by atoms with Crippen LogP contribution in [0, 0.1) is 6.92 Å². The van der Waals surface area contributed by atoms with E-state index < -0.39 is 0 Å². The number of hydrogen-bond acceptors (Lipinski definition) is 4. The Morgan fingerprint density at radius 2 is 2.00 bits per heavy atom. The van der Waals surface area contributed by atoms with Crippen LogP contribution in [0.3, 0.4) is 0 Å². The molecule has 1 aliphatic rings. The van der Waals surface area contributed by atoms with Crippen molar-refractivity contribution in [1.29, 1.82) is 0 Å². The highest BCUT2D eigenvalue weighted by Gasteiger charge is 2.33. The molecule has 8 heteroatoms. The van der Waals surface area contributed by atoms with Crippen molar-refractivity contribution in [3.8, 4) is 5.75 Å². The molecule has 0 saturated heterocycles. The predicted octanol–water partition coefficient (Wildman–Crippen LogP) is 3.80. The minimum absolute atomic E-state index is 0. The molecule has 2 aromatic rings. The molecule has 30 heavy (non-hydrogen) atoms. The third-order valence-electron chi connectivity index (χ3n) is 4.71. The van der Waals surface area contributed by atoms with E-state index in [2.05, 4.69) is 45.8 Å². The fourth-order valence-electron chi connectivity index (χ4n) is 3.40. The molecule has 2 heterocycles. The van der Waals surface area contributed by atoms with Crippen molar-refractivity contribution >= 4 is 41.7 Å². The second-order valence-corrected chi connectivity index (χ2v) is 7.76. The smallest absolute Gasteiger partial charge is 0.227 e. The van der Waals surface area contributed by atoms with Gasteiger partial charge in [0.2, 0.25) is 5.91 Å². The van der Waals surface area contributed by atoms with Gasteiger partial charge in [-0.2, -0.15) is 0 Å². The zero-order valence-electron chi connectivity index (χ0n) is 17.9. The summed E-state index contributed by atoms with van der Waals surface area (Å²) in [4.78, 5) is 20.8. The van der Waals surface area contributed by atoms with E-state index in [9.17, 15) is 4.79 Å². The van der Waals surface area contributed by atoms with E-state index >= 15 is 0 Å². The van der Waals surface area contributed by atoms with Gasteiger partial charge in [-0.1, -0.05) is 24.3 Å². The molecule has 0 saturated carbocycles. The molecule has 1 atom stereocenters. The number of fused-ring (bicyclic) bond motifs is 1. The molecule has 1 aromatic heterocycles. The molecule has 3 rings (SSSR count). The van der Waals surface area contributed by atoms with Crippen LogP contribution in [-0.4, -0.2) is 36.0 Å². The number of para-hydroxylation sites is 1. The summed E-state index contributed by atoms with van der Waals surface area (Å²) in [7, 11) is 1.72. The summed E-state index contributed by atoms with van der Waals surface area (Å²) in [5.74, 6) is 2.02. The van der Waals surface area contributed by atoms with Crippen LogP contribution in [0.25, 0.3) is 0 Å². The summed E-state index contributed by atoms with van der Waals surface area (Å²) < 4.78 is 6.08. The van der Waals surface area contributed by atoms with E-state index in [0.717, 1.165) is 23.4 Å². The number of amides is 1. The number of rotatable bonds is 5. The Labute approximate surface area is 195 Å². The van der Waals surface area contributed by atoms with Crippen molar-refractivity contribution in [1.82, 2.24) is 15.6 Å². The number of ether oxygens (including phenoxy) is 1. The maximum Gasteiger partial charge on any atom is 0.227 e. The lowest BCUT2D eigenvalue weighted by Gasteiger charge is -2.38. The number of guanidine groups is 1. The molecule has 0 radical (unpaired) electrons. The molecule has 7 nitrogen and oxygen atoms in total. The number of aliphatic imine (C=N–C) groups is 1. The number of pyridine rings is 1. The van der Waals surface area contributed by atoms with Gasteiger partial charge in [0.25, 0.3) is 0 Å². The minimum Gasteiger partial charge on any atom is -0.487 e. The molecular weight excluding hydrogens is 493 g/mol. The zero-order chi connectivity index (χ0) is 20.9. The summed E-state index contributed by atoms with van der Waals surface area (Å²) in [6.07, 6.45) is 1.12. The van der Waals surface area contributed by atoms with Crippen molar-refractivity contribution in [2.24, 2.45) is 4.99 Å². The van der Waals surface area contributed by atoms with Gasteiger partial charge in [0.05, 0.1) is 6.04 Å². The molecular formula is C22H30IN5O2. The topological polar surface area (TPSA) is 87.6 Å². The lowest BCUT2D eigenvalue weighted by atomic mass is 9.90. The van der Waals surface area contributed by atoms with Crippen molar-refractivity contribution in [3.05, 3.63) is 53.7 Å². The van der Waals surface area contributed by atoms with Gasteiger partial charge in [-0.15, -0.1) is 24.0 Å². The molecule has 1 aliphatic heterocycles. The molecule has 1 unspecified atom stereocenters. The highest BCUT2D eigenvalue weighted by atomic mass is 127. The molecule has 0 bridgehead atoms. The molecule has 1 amide bonds. The Morgan fingerprint density at radius 3 is 2.73 bits per heavy atom. The van der Waals surface area contributed by atoms with Crippen LogP contribution in [-0.2, 0) is 4.79 Å². The number of hydrogen-bond donors (Lipinski definition) is 3. The summed E-state index contributed by atoms with van der Waals surface area (Å²) >= 11 is 0. The summed E-state index contributed by atoms with van der Waals surface area (Å²) in [5.41, 5.74) is 1.70. The Kier molecular flexibility index (Phi) is 8.45. The van der Waals surface area contributed by atoms with Crippen LogP contribution < -0.4 is 20.7 Å². The van der Waals surface area contributed by atoms with E-state index in [0.29, 0.717) is 24.7 Å². The number of nitrogens with one attached hydrogen (secondary N) is 3. The Morgan fingerprint density at radius 1 is 1.23 bits per heavy atom. The van der Waals surface area contributed by atoms with Crippen molar-refractivity contribution in [2.45, 2.75) is 45.3 Å². The molecule has 0 fully saturated rings. The first-order valence-electron chi connectivity index (χ1n) is 9.85. The lowest BCUT2D eigenvalue weighted by Crippen LogP contribution is -2.45. The van der Waals surface area contributed by atoms with E-state index in [1.807, 2.05) is 37.3 Å². The summed E-state index contributed by atoms with van der Waals surface area (Å²) in [6, 6.07) is 13.7. The quantitative estimate of drug-likeness (QED) is 0.315. The SMILES string of the molecule is CN=C(NCCC(=O)Nc1cccc(C)n1)NC1CC(C)(C)Oc2ccccc21.I. The van der Waals surface area contributed by atoms with Crippen LogP contribution in [0.15, 0.2) is 47.5 Å². The van der Waals surface area contributed by atoms with Gasteiger partial charge < -0.3 is 20.7 Å². The number of aromatic nitrogens is 1. The third kappa shape index (κ3) is 6.58. The first kappa shape index (κ1) is 23.9. The van der Waals surface area contributed by atoms with Gasteiger partial charge in [0.1, 0.15) is 17.2 Å². The largest absolute Gasteiger partial charge is 0.487 e. The molecule has 3 N–H and O–H groups in total. The zero-order valence-corrected chi connectivity index (χ0v) is 20.2. The van der Waals surface area contributed by atoms with Crippen LogP contribution in [0.5, 0.6) is 5.75 Å². The van der Waals surface area contributed by atoms with Gasteiger partial charge in [-0.05, 0) is 39.0 Å². The van der Waals surface area contributed by atoms with Crippen molar-refractivity contribution in [3.63, 3.8) is 0 Å². The highest BCUT2D eigenvalue weighted by Crippen LogP contribution is 2.39. The Balaban J connectivity index is 0.00000320. The van der Waals surface area contributed by atoms with Gasteiger partial charge >= 0.3 is 0 Å². The van der Waals surface area contributed by atoms with Gasteiger partial charge in [0.15, 0.2) is 5.96 Å². The maximum absolute atomic E-state index is 12.2. The minimum atomic E-state index is -0.272. The average Bonchev–Trinajstić information content (AvgIpc) is 2.66. The van der Waals surface area contributed by atoms with E-state index in [-0.39, 0.29) is 41.5 Å². The number of carbonyl (C=O) groups is 1. The second kappa shape index (κ2) is 10.6. The fraction of sp³-hybridized carbons (Fsp3) is 0.409. The highest BCUT2D eigenvalue weighted by molar-refractivity contribution is 14.0. The Bertz CT molecular complexity index is 901. The first-order valence-corrected chi connectivity index (χ1v) is 9.85. The van der Waals surface area contributed by atoms with Gasteiger partial charge in [0, 0.05) is 37.7 Å². The van der Waals surface area contributed by atoms with Crippen molar-refractivity contribution in [2.75, 3.05) is 18.9 Å². The summed E-state index contributed by atoms with van der Waals surface area (Å²) in [5, 5.41) is 9.50. The van der Waals surface area contributed by atoms with Crippen LogP contribution in [0.2, 0.25) is 0 Å². The number of aryl methyl sites for hydroxylation is 1. The second-order valence-electron chi connectivity index (χ2n) is 7.76. The normalized spacial score (nSPS) is 17.1. The molecule has 0 aliphatic carbocycles. The predicted molar refractivity (Wildman–Crippen MR) is 131 cm³/mol. The van der Waals surface area contributed by atoms with Gasteiger partial charge in [-0.25, -0.2) is 4.98 Å². The summed E-state index contributed by atoms with van der Waals surface area (Å²) in [6.45, 7) is 6.52. The fourth-order valence-corrected chi connectivity index (χ4v) is 3.40. The monoisotopic (exact) mass is 523 g/mol. The van der Waals surface area contributed by atoms with E-state index in [1.165, 1.54) is 0 Å². The molecule has 162 valence electrons. The number of benzene rings is 1. The van der Waals surface area contributed by atoms with E-state index in [4.69, 9.17) is 4.74 Å². The standard InChI is InChI=1S/C22H29N5O2.HI/c1-15-8-7-11-19(25-15)27-20(28)12-13-24-21(23-4)26-17-14-22(2,3)29-18-10-6-5-9-16(17)18;/h5-11,17H,12-14H2,1-4H3,(H2,23,24,26)(H,25,27,28);1H. The average molecular weight is 523 g/mol. The third-order valence-corrected chi connectivity index (χ3v) is 4.71. The number of anilines is 1. The Hall–Kier alpha value is -2.36. The maximum atomic E-state index is 12.2. The van der Waals surface area contributed by atoms with Crippen molar-refractivity contribution < 1.29 is 9.53 Å². The first-order chi connectivity index (χ1) is 13.9. The van der Waals surface area contributed by atoms with Crippen LogP contribution >= 0.6 is 24.0 Å². The van der Waals surface area contributed by atoms with Crippen LogP contribution in [0.1, 0.15) is 44.0 Å². The molecule has 0 spiro atoms. The molecule has 1 aromatic carbocycles. The van der Waals surface area contributed by atoms with Crippen LogP contribution in [0.4, 0.5) is 5.82 Å². The van der Waals surface area contributed by atoms with Gasteiger partial charge in [-0.3, -0.25) is 9.79 Å². The lowest BCUT2D eigenvalue weighted by molar-refractivity contribution is -0.116.